The number of piperidine rings is 1. The predicted octanol–water partition coefficient (Wildman–Crippen LogP) is 3.19. The fourth-order valence-electron chi connectivity index (χ4n) is 3.88. The number of benzene rings is 2. The average Bonchev–Trinajstić information content (AvgIpc) is 3.15. The van der Waals surface area contributed by atoms with E-state index >= 15 is 0 Å². The molecule has 1 aliphatic heterocycles. The lowest BCUT2D eigenvalue weighted by Gasteiger charge is -2.32. The van der Waals surface area contributed by atoms with Crippen LogP contribution in [0.4, 0.5) is 4.39 Å². The van der Waals surface area contributed by atoms with Gasteiger partial charge in [-0.15, -0.1) is 0 Å². The molecular formula is C22H22FN3O3. The normalized spacial score (nSPS) is 14.9. The van der Waals surface area contributed by atoms with Gasteiger partial charge in [-0.05, 0) is 66.8 Å². The van der Waals surface area contributed by atoms with E-state index in [2.05, 4.69) is 4.98 Å². The number of carbonyl (C=O) groups excluding carboxylic acids is 2. The van der Waals surface area contributed by atoms with E-state index in [0.29, 0.717) is 30.3 Å². The molecule has 150 valence electrons. The molecule has 0 saturated carbocycles. The van der Waals surface area contributed by atoms with Crippen molar-refractivity contribution < 1.29 is 18.7 Å². The van der Waals surface area contributed by atoms with Crippen LogP contribution in [-0.4, -0.2) is 41.4 Å². The lowest BCUT2D eigenvalue weighted by Crippen LogP contribution is -2.37. The molecule has 1 aliphatic rings. The summed E-state index contributed by atoms with van der Waals surface area (Å²) in [5.41, 5.74) is 7.62. The second kappa shape index (κ2) is 7.95. The predicted molar refractivity (Wildman–Crippen MR) is 107 cm³/mol. The molecule has 29 heavy (non-hydrogen) atoms. The number of hydrogen-bond donors (Lipinski definition) is 2. The Labute approximate surface area is 167 Å². The number of nitrogens with one attached hydrogen (secondary N) is 1. The zero-order valence-corrected chi connectivity index (χ0v) is 15.9. The molecule has 3 N–H and O–H groups in total. The van der Waals surface area contributed by atoms with Crippen molar-refractivity contribution in [2.75, 3.05) is 19.7 Å². The highest BCUT2D eigenvalue weighted by Crippen LogP contribution is 2.33. The number of fused-ring (bicyclic) bond motifs is 1. The van der Waals surface area contributed by atoms with Crippen molar-refractivity contribution in [2.45, 2.75) is 18.8 Å². The van der Waals surface area contributed by atoms with Gasteiger partial charge >= 0.3 is 0 Å². The van der Waals surface area contributed by atoms with E-state index in [1.165, 1.54) is 17.7 Å². The number of primary amides is 1. The highest BCUT2D eigenvalue weighted by molar-refractivity contribution is 5.94. The summed E-state index contributed by atoms with van der Waals surface area (Å²) in [6, 6.07) is 11.5. The third-order valence-electron chi connectivity index (χ3n) is 5.38. The molecule has 2 aromatic carbocycles. The Morgan fingerprint density at radius 1 is 1.14 bits per heavy atom. The molecule has 0 radical (unpaired) electrons. The molecule has 1 aromatic heterocycles. The van der Waals surface area contributed by atoms with E-state index in [4.69, 9.17) is 10.5 Å². The third-order valence-corrected chi connectivity index (χ3v) is 5.38. The van der Waals surface area contributed by atoms with Gasteiger partial charge in [0.1, 0.15) is 11.6 Å². The van der Waals surface area contributed by atoms with Crippen LogP contribution in [0.25, 0.3) is 10.9 Å². The summed E-state index contributed by atoms with van der Waals surface area (Å²) >= 11 is 0. The Bertz CT molecular complexity index is 1040. The molecule has 4 rings (SSSR count). The summed E-state index contributed by atoms with van der Waals surface area (Å²) in [6.45, 7) is 1.13. The number of likely N-dealkylation sites (tertiary alicyclic amines) is 1. The summed E-state index contributed by atoms with van der Waals surface area (Å²) in [4.78, 5) is 28.6. The average molecular weight is 395 g/mol. The first-order chi connectivity index (χ1) is 14.0. The number of aromatic nitrogens is 1. The van der Waals surface area contributed by atoms with Gasteiger partial charge in [-0.1, -0.05) is 0 Å². The van der Waals surface area contributed by atoms with Crippen LogP contribution in [0.15, 0.2) is 48.7 Å². The van der Waals surface area contributed by atoms with Crippen molar-refractivity contribution in [1.82, 2.24) is 9.88 Å². The van der Waals surface area contributed by atoms with E-state index < -0.39 is 5.91 Å². The van der Waals surface area contributed by atoms with Gasteiger partial charge in [-0.25, -0.2) is 4.39 Å². The number of H-pyrrole nitrogens is 1. The lowest BCUT2D eigenvalue weighted by molar-refractivity contribution is -0.119. The van der Waals surface area contributed by atoms with Crippen LogP contribution in [0.2, 0.25) is 0 Å². The smallest absolute Gasteiger partial charge is 0.255 e. The van der Waals surface area contributed by atoms with Crippen molar-refractivity contribution in [3.8, 4) is 5.75 Å². The molecule has 0 atom stereocenters. The van der Waals surface area contributed by atoms with Gasteiger partial charge in [-0.2, -0.15) is 0 Å². The van der Waals surface area contributed by atoms with Crippen molar-refractivity contribution in [2.24, 2.45) is 5.73 Å². The van der Waals surface area contributed by atoms with Gasteiger partial charge in [0.25, 0.3) is 11.8 Å². The molecular weight excluding hydrogens is 373 g/mol. The Morgan fingerprint density at radius 3 is 2.55 bits per heavy atom. The largest absolute Gasteiger partial charge is 0.484 e. The fourth-order valence-corrected chi connectivity index (χ4v) is 3.88. The Balaban J connectivity index is 1.38. The Hall–Kier alpha value is -3.35. The highest BCUT2D eigenvalue weighted by Gasteiger charge is 2.26. The third kappa shape index (κ3) is 4.08. The highest BCUT2D eigenvalue weighted by atomic mass is 19.1. The zero-order chi connectivity index (χ0) is 20.4. The standard InChI is InChI=1S/C22H22FN3O3/c23-16-3-6-18-19(12-25-20(18)11-16)14-7-9-26(10-8-14)22(28)15-1-4-17(5-2-15)29-13-21(24)27/h1-6,11-12,14,25H,7-10,13H2,(H2,24,27). The first-order valence-electron chi connectivity index (χ1n) is 9.58. The molecule has 2 heterocycles. The molecule has 1 fully saturated rings. The minimum Gasteiger partial charge on any atom is -0.484 e. The number of nitrogens with two attached hydrogens (primary N) is 1. The maximum Gasteiger partial charge on any atom is 0.255 e. The van der Waals surface area contributed by atoms with Gasteiger partial charge < -0.3 is 20.4 Å². The number of halogens is 1. The number of ether oxygens (including phenoxy) is 1. The fraction of sp³-hybridized carbons (Fsp3) is 0.273. The summed E-state index contributed by atoms with van der Waals surface area (Å²) < 4.78 is 18.6. The molecule has 0 bridgehead atoms. The molecule has 1 saturated heterocycles. The first-order valence-corrected chi connectivity index (χ1v) is 9.58. The van der Waals surface area contributed by atoms with Crippen molar-refractivity contribution >= 4 is 22.7 Å². The van der Waals surface area contributed by atoms with Crippen LogP contribution in [0.1, 0.15) is 34.7 Å². The van der Waals surface area contributed by atoms with E-state index in [0.717, 1.165) is 23.7 Å². The number of aromatic amines is 1. The second-order valence-corrected chi connectivity index (χ2v) is 7.28. The van der Waals surface area contributed by atoms with E-state index in [-0.39, 0.29) is 18.3 Å². The number of carbonyl (C=O) groups is 2. The van der Waals surface area contributed by atoms with Crippen molar-refractivity contribution in [1.29, 1.82) is 0 Å². The topological polar surface area (TPSA) is 88.4 Å². The van der Waals surface area contributed by atoms with Crippen LogP contribution in [0, 0.1) is 5.82 Å². The Morgan fingerprint density at radius 2 is 1.86 bits per heavy atom. The van der Waals surface area contributed by atoms with Crippen LogP contribution >= 0.6 is 0 Å². The quantitative estimate of drug-likeness (QED) is 0.695. The molecule has 2 amide bonds. The molecule has 3 aromatic rings. The molecule has 0 spiro atoms. The van der Waals surface area contributed by atoms with Crippen molar-refractivity contribution in [3.63, 3.8) is 0 Å². The minimum atomic E-state index is -0.548. The monoisotopic (exact) mass is 395 g/mol. The van der Waals surface area contributed by atoms with E-state index in [1.54, 1.807) is 24.3 Å². The van der Waals surface area contributed by atoms with Crippen LogP contribution in [-0.2, 0) is 4.79 Å². The number of nitrogens with zero attached hydrogens (tertiary/aromatic N) is 1. The van der Waals surface area contributed by atoms with Gasteiger partial charge in [0.2, 0.25) is 0 Å². The zero-order valence-electron chi connectivity index (χ0n) is 15.9. The lowest BCUT2D eigenvalue weighted by atomic mass is 9.89. The maximum atomic E-state index is 13.4. The number of hydrogen-bond acceptors (Lipinski definition) is 3. The van der Waals surface area contributed by atoms with Gasteiger partial charge in [0, 0.05) is 35.8 Å². The summed E-state index contributed by atoms with van der Waals surface area (Å²) in [7, 11) is 0. The van der Waals surface area contributed by atoms with Crippen molar-refractivity contribution in [3.05, 3.63) is 65.6 Å². The summed E-state index contributed by atoms with van der Waals surface area (Å²) in [5.74, 6) is 0.00860. The number of amides is 2. The Kier molecular flexibility index (Phi) is 5.20. The molecule has 0 unspecified atom stereocenters. The van der Waals surface area contributed by atoms with Crippen LogP contribution in [0.3, 0.4) is 0 Å². The first kappa shape index (κ1) is 19.0. The minimum absolute atomic E-state index is 0.0223. The van der Waals surface area contributed by atoms with Gasteiger partial charge in [0.15, 0.2) is 6.61 Å². The van der Waals surface area contributed by atoms with Gasteiger partial charge in [-0.3, -0.25) is 9.59 Å². The van der Waals surface area contributed by atoms with E-state index in [1.807, 2.05) is 17.2 Å². The maximum absolute atomic E-state index is 13.4. The van der Waals surface area contributed by atoms with Crippen LogP contribution in [0.5, 0.6) is 5.75 Å². The second-order valence-electron chi connectivity index (χ2n) is 7.28. The molecule has 7 heteroatoms. The number of rotatable bonds is 5. The molecule has 0 aliphatic carbocycles. The molecule has 6 nitrogen and oxygen atoms in total. The van der Waals surface area contributed by atoms with E-state index in [9.17, 15) is 14.0 Å². The SMILES string of the molecule is NC(=O)COc1ccc(C(=O)N2CCC(c3c[nH]c4cc(F)ccc34)CC2)cc1. The summed E-state index contributed by atoms with van der Waals surface area (Å²) in [6.07, 6.45) is 3.67. The van der Waals surface area contributed by atoms with Crippen LogP contribution < -0.4 is 10.5 Å². The summed E-state index contributed by atoms with van der Waals surface area (Å²) in [5, 5.41) is 1.04. The van der Waals surface area contributed by atoms with Gasteiger partial charge in [0.05, 0.1) is 0 Å².